The van der Waals surface area contributed by atoms with Gasteiger partial charge in [0, 0.05) is 22.5 Å². The van der Waals surface area contributed by atoms with Gasteiger partial charge in [-0.2, -0.15) is 0 Å². The van der Waals surface area contributed by atoms with Gasteiger partial charge in [-0.3, -0.25) is 0 Å². The summed E-state index contributed by atoms with van der Waals surface area (Å²) in [5, 5.41) is 0. The van der Waals surface area contributed by atoms with E-state index in [0.717, 1.165) is 21.3 Å². The molecule has 2 aromatic rings. The Balaban J connectivity index is 1.93. The van der Waals surface area contributed by atoms with E-state index < -0.39 is 0 Å². The SMILES string of the molecule is N[C@H]1CC(c2ccc(F)cc2)Oc2cc(Br)ccc21. The van der Waals surface area contributed by atoms with Crippen LogP contribution in [-0.4, -0.2) is 0 Å². The van der Waals surface area contributed by atoms with E-state index in [1.54, 1.807) is 12.1 Å². The molecule has 0 fully saturated rings. The van der Waals surface area contributed by atoms with Gasteiger partial charge in [0.2, 0.25) is 0 Å². The topological polar surface area (TPSA) is 35.2 Å². The van der Waals surface area contributed by atoms with Crippen LogP contribution in [0.3, 0.4) is 0 Å². The number of hydrogen-bond acceptors (Lipinski definition) is 2. The van der Waals surface area contributed by atoms with Crippen LogP contribution in [-0.2, 0) is 0 Å². The lowest BCUT2D eigenvalue weighted by atomic mass is 9.94. The molecule has 4 heteroatoms. The summed E-state index contributed by atoms with van der Waals surface area (Å²) in [5.41, 5.74) is 8.15. The van der Waals surface area contributed by atoms with Gasteiger partial charge in [-0.05, 0) is 29.8 Å². The summed E-state index contributed by atoms with van der Waals surface area (Å²) in [5.74, 6) is 0.550. The molecule has 0 bridgehead atoms. The van der Waals surface area contributed by atoms with Crippen LogP contribution in [0.1, 0.15) is 29.7 Å². The fourth-order valence-electron chi connectivity index (χ4n) is 2.36. The molecule has 0 aromatic heterocycles. The molecule has 2 aromatic carbocycles. The molecule has 2 N–H and O–H groups in total. The van der Waals surface area contributed by atoms with E-state index >= 15 is 0 Å². The van der Waals surface area contributed by atoms with Crippen molar-refractivity contribution < 1.29 is 9.13 Å². The number of halogens is 2. The molecule has 2 nitrogen and oxygen atoms in total. The van der Waals surface area contributed by atoms with Crippen molar-refractivity contribution in [2.45, 2.75) is 18.6 Å². The number of nitrogens with two attached hydrogens (primary N) is 1. The van der Waals surface area contributed by atoms with Gasteiger partial charge in [0.05, 0.1) is 0 Å². The molecule has 0 spiro atoms. The van der Waals surface area contributed by atoms with Gasteiger partial charge in [-0.15, -0.1) is 0 Å². The predicted octanol–water partition coefficient (Wildman–Crippen LogP) is 4.11. The third-order valence-corrected chi connectivity index (χ3v) is 3.85. The highest BCUT2D eigenvalue weighted by molar-refractivity contribution is 9.10. The molecular formula is C15H13BrFNO. The van der Waals surface area contributed by atoms with Crippen LogP contribution in [0.25, 0.3) is 0 Å². The fraction of sp³-hybridized carbons (Fsp3) is 0.200. The summed E-state index contributed by atoms with van der Waals surface area (Å²) in [6.45, 7) is 0. The third-order valence-electron chi connectivity index (χ3n) is 3.35. The van der Waals surface area contributed by atoms with Gasteiger partial charge in [0.15, 0.2) is 0 Å². The van der Waals surface area contributed by atoms with E-state index in [9.17, 15) is 4.39 Å². The smallest absolute Gasteiger partial charge is 0.126 e. The summed E-state index contributed by atoms with van der Waals surface area (Å²) >= 11 is 3.43. The van der Waals surface area contributed by atoms with Crippen LogP contribution in [0.4, 0.5) is 4.39 Å². The first-order chi connectivity index (χ1) is 9.13. The molecule has 0 saturated heterocycles. The van der Waals surface area contributed by atoms with Gasteiger partial charge in [0.1, 0.15) is 17.7 Å². The second-order valence-corrected chi connectivity index (χ2v) is 5.60. The number of fused-ring (bicyclic) bond motifs is 1. The zero-order chi connectivity index (χ0) is 13.4. The van der Waals surface area contributed by atoms with Crippen molar-refractivity contribution in [2.75, 3.05) is 0 Å². The molecule has 0 aliphatic carbocycles. The zero-order valence-electron chi connectivity index (χ0n) is 10.1. The summed E-state index contributed by atoms with van der Waals surface area (Å²) < 4.78 is 19.9. The second-order valence-electron chi connectivity index (χ2n) is 4.68. The van der Waals surface area contributed by atoms with E-state index in [0.29, 0.717) is 6.42 Å². The van der Waals surface area contributed by atoms with Crippen molar-refractivity contribution in [3.05, 3.63) is 63.9 Å². The Morgan fingerprint density at radius 2 is 1.89 bits per heavy atom. The Morgan fingerprint density at radius 3 is 2.63 bits per heavy atom. The largest absolute Gasteiger partial charge is 0.485 e. The van der Waals surface area contributed by atoms with Crippen molar-refractivity contribution in [2.24, 2.45) is 5.73 Å². The minimum atomic E-state index is -0.244. The maximum Gasteiger partial charge on any atom is 0.126 e. The van der Waals surface area contributed by atoms with Crippen LogP contribution >= 0.6 is 15.9 Å². The van der Waals surface area contributed by atoms with Gasteiger partial charge in [-0.1, -0.05) is 34.1 Å². The van der Waals surface area contributed by atoms with E-state index in [2.05, 4.69) is 15.9 Å². The van der Waals surface area contributed by atoms with Gasteiger partial charge in [-0.25, -0.2) is 4.39 Å². The number of rotatable bonds is 1. The fourth-order valence-corrected chi connectivity index (χ4v) is 2.70. The minimum Gasteiger partial charge on any atom is -0.485 e. The molecule has 0 radical (unpaired) electrons. The lowest BCUT2D eigenvalue weighted by Gasteiger charge is -2.30. The lowest BCUT2D eigenvalue weighted by Crippen LogP contribution is -2.24. The molecule has 98 valence electrons. The molecule has 1 aliphatic heterocycles. The Kier molecular flexibility index (Phi) is 3.29. The van der Waals surface area contributed by atoms with Crippen LogP contribution in [0.5, 0.6) is 5.75 Å². The van der Waals surface area contributed by atoms with Crippen LogP contribution in [0.2, 0.25) is 0 Å². The van der Waals surface area contributed by atoms with Gasteiger partial charge in [0.25, 0.3) is 0 Å². The number of ether oxygens (including phenoxy) is 1. The summed E-state index contributed by atoms with van der Waals surface area (Å²) in [7, 11) is 0. The average Bonchev–Trinajstić information content (AvgIpc) is 2.38. The highest BCUT2D eigenvalue weighted by Gasteiger charge is 2.27. The first-order valence-corrected chi connectivity index (χ1v) is 6.90. The Morgan fingerprint density at radius 1 is 1.16 bits per heavy atom. The first-order valence-electron chi connectivity index (χ1n) is 6.10. The van der Waals surface area contributed by atoms with E-state index in [4.69, 9.17) is 10.5 Å². The third kappa shape index (κ3) is 2.51. The van der Waals surface area contributed by atoms with Gasteiger partial charge < -0.3 is 10.5 Å². The molecular weight excluding hydrogens is 309 g/mol. The number of benzene rings is 2. The van der Waals surface area contributed by atoms with Crippen LogP contribution in [0.15, 0.2) is 46.9 Å². The summed E-state index contributed by atoms with van der Waals surface area (Å²) in [4.78, 5) is 0. The monoisotopic (exact) mass is 321 g/mol. The van der Waals surface area contributed by atoms with E-state index in [1.807, 2.05) is 18.2 Å². The first kappa shape index (κ1) is 12.6. The maximum atomic E-state index is 13.0. The van der Waals surface area contributed by atoms with Crippen molar-refractivity contribution >= 4 is 15.9 Å². The standard InChI is InChI=1S/C15H13BrFNO/c16-10-3-6-12-13(18)8-14(19-15(12)7-10)9-1-4-11(17)5-2-9/h1-7,13-14H,8,18H2/t13-,14?/m0/s1. The zero-order valence-corrected chi connectivity index (χ0v) is 11.7. The second kappa shape index (κ2) is 4.94. The minimum absolute atomic E-state index is 0.0631. The highest BCUT2D eigenvalue weighted by Crippen LogP contribution is 2.40. The molecule has 1 unspecified atom stereocenters. The molecule has 1 heterocycles. The molecule has 0 saturated carbocycles. The summed E-state index contributed by atoms with van der Waals surface area (Å²) in [6.07, 6.45) is 0.567. The predicted molar refractivity (Wildman–Crippen MR) is 75.5 cm³/mol. The Labute approximate surface area is 119 Å². The molecule has 3 rings (SSSR count). The van der Waals surface area contributed by atoms with Crippen LogP contribution in [0, 0.1) is 5.82 Å². The van der Waals surface area contributed by atoms with E-state index in [1.165, 1.54) is 12.1 Å². The highest BCUT2D eigenvalue weighted by atomic mass is 79.9. The lowest BCUT2D eigenvalue weighted by molar-refractivity contribution is 0.161. The Hall–Kier alpha value is -1.39. The summed E-state index contributed by atoms with van der Waals surface area (Å²) in [6, 6.07) is 12.2. The molecule has 1 aliphatic rings. The van der Waals surface area contributed by atoms with Crippen molar-refractivity contribution in [3.8, 4) is 5.75 Å². The molecule has 19 heavy (non-hydrogen) atoms. The van der Waals surface area contributed by atoms with Crippen molar-refractivity contribution in [1.82, 2.24) is 0 Å². The quantitative estimate of drug-likeness (QED) is 0.857. The molecule has 2 atom stereocenters. The van der Waals surface area contributed by atoms with Crippen molar-refractivity contribution in [3.63, 3.8) is 0 Å². The average molecular weight is 322 g/mol. The van der Waals surface area contributed by atoms with Gasteiger partial charge >= 0.3 is 0 Å². The Bertz CT molecular complexity index is 600. The van der Waals surface area contributed by atoms with Crippen LogP contribution < -0.4 is 10.5 Å². The number of hydrogen-bond donors (Lipinski definition) is 1. The normalized spacial score (nSPS) is 21.6. The van der Waals surface area contributed by atoms with E-state index in [-0.39, 0.29) is 18.0 Å². The molecule has 0 amide bonds. The van der Waals surface area contributed by atoms with Crippen molar-refractivity contribution in [1.29, 1.82) is 0 Å². The maximum absolute atomic E-state index is 13.0.